The number of rotatable bonds is 10. The van der Waals surface area contributed by atoms with Gasteiger partial charge < -0.3 is 20.4 Å². The summed E-state index contributed by atoms with van der Waals surface area (Å²) in [5.41, 5.74) is -2.17. The molecular formula is C12H15NO8. The maximum absolute atomic E-state index is 11.2. The van der Waals surface area contributed by atoms with Gasteiger partial charge >= 0.3 is 23.9 Å². The zero-order chi connectivity index (χ0) is 16.6. The molecule has 0 aromatic heterocycles. The van der Waals surface area contributed by atoms with Crippen LogP contribution in [0.1, 0.15) is 32.1 Å². The Bertz CT molecular complexity index is 480. The normalized spacial score (nSPS) is 14.4. The molecule has 0 aromatic rings. The van der Waals surface area contributed by atoms with Crippen molar-refractivity contribution in [2.45, 2.75) is 32.1 Å². The minimum Gasteiger partial charge on any atom is -0.481 e. The third kappa shape index (κ3) is 5.90. The van der Waals surface area contributed by atoms with E-state index in [1.165, 1.54) is 6.07 Å². The molecule has 0 saturated carbocycles. The van der Waals surface area contributed by atoms with Crippen LogP contribution in [-0.2, 0) is 19.2 Å². The van der Waals surface area contributed by atoms with Crippen molar-refractivity contribution in [3.05, 3.63) is 0 Å². The van der Waals surface area contributed by atoms with Crippen molar-refractivity contribution >= 4 is 23.9 Å². The third-order valence-electron chi connectivity index (χ3n) is 3.04. The van der Waals surface area contributed by atoms with Crippen LogP contribution in [0, 0.1) is 22.7 Å². The Hall–Kier alpha value is -2.63. The topological polar surface area (TPSA) is 173 Å². The maximum atomic E-state index is 11.2. The van der Waals surface area contributed by atoms with Gasteiger partial charge in [-0.25, -0.2) is 0 Å². The van der Waals surface area contributed by atoms with Gasteiger partial charge in [0.25, 0.3) is 0 Å². The van der Waals surface area contributed by atoms with Crippen LogP contribution in [-0.4, -0.2) is 44.3 Å². The molecule has 2 unspecified atom stereocenters. The number of nitriles is 1. The second-order valence-corrected chi connectivity index (χ2v) is 4.56. The van der Waals surface area contributed by atoms with Crippen LogP contribution >= 0.6 is 0 Å². The van der Waals surface area contributed by atoms with Crippen molar-refractivity contribution in [1.29, 1.82) is 5.26 Å². The molecule has 0 amide bonds. The average Bonchev–Trinajstić information content (AvgIpc) is 2.37. The number of carboxylic acid groups (broad SMARTS) is 4. The van der Waals surface area contributed by atoms with Crippen molar-refractivity contribution in [2.24, 2.45) is 11.3 Å². The van der Waals surface area contributed by atoms with Crippen LogP contribution in [0.4, 0.5) is 0 Å². The Morgan fingerprint density at radius 3 is 1.86 bits per heavy atom. The second kappa shape index (κ2) is 7.84. The van der Waals surface area contributed by atoms with E-state index in [-0.39, 0.29) is 6.42 Å². The summed E-state index contributed by atoms with van der Waals surface area (Å²) in [6.45, 7) is 0. The summed E-state index contributed by atoms with van der Waals surface area (Å²) in [6.07, 6.45) is -2.63. The van der Waals surface area contributed by atoms with Crippen LogP contribution in [0.15, 0.2) is 0 Å². The van der Waals surface area contributed by atoms with Crippen molar-refractivity contribution in [2.75, 3.05) is 0 Å². The molecule has 21 heavy (non-hydrogen) atoms. The monoisotopic (exact) mass is 301 g/mol. The molecule has 9 heteroatoms. The van der Waals surface area contributed by atoms with E-state index in [4.69, 9.17) is 25.7 Å². The summed E-state index contributed by atoms with van der Waals surface area (Å²) in [7, 11) is 0. The molecule has 0 aliphatic heterocycles. The van der Waals surface area contributed by atoms with Gasteiger partial charge in [-0.05, 0) is 19.3 Å². The SMILES string of the molecule is N#CC(CCC(=O)O)(CC(CCC(=O)O)C(=O)O)C(=O)O. The van der Waals surface area contributed by atoms with Gasteiger partial charge in [0.05, 0.1) is 12.0 Å². The first-order valence-electron chi connectivity index (χ1n) is 5.95. The molecule has 0 heterocycles. The van der Waals surface area contributed by atoms with E-state index in [1.807, 2.05) is 0 Å². The molecule has 0 bridgehead atoms. The van der Waals surface area contributed by atoms with Gasteiger partial charge in [0.15, 0.2) is 5.41 Å². The number of carboxylic acids is 4. The molecule has 0 spiro atoms. The summed E-state index contributed by atoms with van der Waals surface area (Å²) >= 11 is 0. The highest BCUT2D eigenvalue weighted by molar-refractivity contribution is 5.81. The van der Waals surface area contributed by atoms with Crippen molar-refractivity contribution in [3.8, 4) is 6.07 Å². The number of hydrogen-bond acceptors (Lipinski definition) is 5. The quantitative estimate of drug-likeness (QED) is 0.445. The van der Waals surface area contributed by atoms with E-state index in [0.717, 1.165) is 0 Å². The van der Waals surface area contributed by atoms with Gasteiger partial charge in [0.2, 0.25) is 0 Å². The lowest BCUT2D eigenvalue weighted by Crippen LogP contribution is -2.35. The van der Waals surface area contributed by atoms with Gasteiger partial charge in [-0.15, -0.1) is 0 Å². The molecule has 9 nitrogen and oxygen atoms in total. The molecular weight excluding hydrogens is 286 g/mol. The lowest BCUT2D eigenvalue weighted by Gasteiger charge is -2.24. The molecule has 0 aromatic carbocycles. The largest absolute Gasteiger partial charge is 0.481 e. The fourth-order valence-corrected chi connectivity index (χ4v) is 1.80. The number of carbonyl (C=O) groups is 4. The lowest BCUT2D eigenvalue weighted by molar-refractivity contribution is -0.150. The van der Waals surface area contributed by atoms with Crippen molar-refractivity contribution < 1.29 is 39.6 Å². The third-order valence-corrected chi connectivity index (χ3v) is 3.04. The van der Waals surface area contributed by atoms with E-state index in [2.05, 4.69) is 0 Å². The molecule has 0 saturated heterocycles. The predicted molar refractivity (Wildman–Crippen MR) is 65.2 cm³/mol. The Morgan fingerprint density at radius 2 is 1.52 bits per heavy atom. The molecule has 0 aliphatic rings. The molecule has 4 N–H and O–H groups in total. The van der Waals surface area contributed by atoms with E-state index in [9.17, 15) is 19.2 Å². The second-order valence-electron chi connectivity index (χ2n) is 4.56. The molecule has 0 aliphatic carbocycles. The lowest BCUT2D eigenvalue weighted by atomic mass is 9.75. The first kappa shape index (κ1) is 18.4. The van der Waals surface area contributed by atoms with Gasteiger partial charge in [0.1, 0.15) is 0 Å². The average molecular weight is 301 g/mol. The summed E-state index contributed by atoms with van der Waals surface area (Å²) in [5.74, 6) is -6.95. The Morgan fingerprint density at radius 1 is 1.00 bits per heavy atom. The van der Waals surface area contributed by atoms with Crippen LogP contribution < -0.4 is 0 Å². The standard InChI is InChI=1S/C12H15NO8/c13-6-12(11(20)21,4-3-9(16)17)5-7(10(18)19)1-2-8(14)15/h7H,1-5H2,(H,14,15)(H,16,17)(H,18,19)(H,20,21). The Balaban J connectivity index is 5.18. The molecule has 0 fully saturated rings. The van der Waals surface area contributed by atoms with Crippen molar-refractivity contribution in [1.82, 2.24) is 0 Å². The minimum atomic E-state index is -2.17. The zero-order valence-electron chi connectivity index (χ0n) is 11.0. The maximum Gasteiger partial charge on any atom is 0.324 e. The molecule has 0 rings (SSSR count). The number of nitrogens with zero attached hydrogens (tertiary/aromatic N) is 1. The summed E-state index contributed by atoms with van der Waals surface area (Å²) in [5, 5.41) is 44.3. The fraction of sp³-hybridized carbons (Fsp3) is 0.583. The van der Waals surface area contributed by atoms with Gasteiger partial charge in [-0.2, -0.15) is 5.26 Å². The number of hydrogen-bond donors (Lipinski definition) is 4. The first-order valence-corrected chi connectivity index (χ1v) is 5.95. The Labute approximate surface area is 119 Å². The molecule has 116 valence electrons. The van der Waals surface area contributed by atoms with E-state index in [0.29, 0.717) is 0 Å². The van der Waals surface area contributed by atoms with Crippen LogP contribution in [0.25, 0.3) is 0 Å². The zero-order valence-corrected chi connectivity index (χ0v) is 11.0. The van der Waals surface area contributed by atoms with Gasteiger partial charge in [0, 0.05) is 12.8 Å². The molecule has 2 atom stereocenters. The summed E-state index contributed by atoms with van der Waals surface area (Å²) in [4.78, 5) is 43.3. The van der Waals surface area contributed by atoms with Crippen LogP contribution in [0.2, 0.25) is 0 Å². The van der Waals surface area contributed by atoms with E-state index in [1.54, 1.807) is 0 Å². The highest BCUT2D eigenvalue weighted by Gasteiger charge is 2.43. The highest BCUT2D eigenvalue weighted by Crippen LogP contribution is 2.33. The fourth-order valence-electron chi connectivity index (χ4n) is 1.80. The highest BCUT2D eigenvalue weighted by atomic mass is 16.4. The minimum absolute atomic E-state index is 0.339. The number of aliphatic carboxylic acids is 4. The molecule has 0 radical (unpaired) electrons. The van der Waals surface area contributed by atoms with Gasteiger partial charge in [-0.3, -0.25) is 19.2 Å². The van der Waals surface area contributed by atoms with E-state index >= 15 is 0 Å². The van der Waals surface area contributed by atoms with Crippen LogP contribution in [0.5, 0.6) is 0 Å². The predicted octanol–water partition coefficient (Wildman–Crippen LogP) is 0.401. The van der Waals surface area contributed by atoms with Crippen molar-refractivity contribution in [3.63, 3.8) is 0 Å². The Kier molecular flexibility index (Phi) is 6.86. The van der Waals surface area contributed by atoms with E-state index < -0.39 is 60.9 Å². The summed E-state index contributed by atoms with van der Waals surface area (Å²) < 4.78 is 0. The van der Waals surface area contributed by atoms with Crippen LogP contribution in [0.3, 0.4) is 0 Å². The smallest absolute Gasteiger partial charge is 0.324 e. The van der Waals surface area contributed by atoms with Gasteiger partial charge in [-0.1, -0.05) is 0 Å². The summed E-state index contributed by atoms with van der Waals surface area (Å²) in [6, 6.07) is 1.47. The first-order chi connectivity index (χ1) is 9.64.